The smallest absolute Gasteiger partial charge is 0.255 e. The third kappa shape index (κ3) is 2.02. The van der Waals surface area contributed by atoms with Crippen molar-refractivity contribution in [2.45, 2.75) is 25.6 Å². The molecule has 0 radical (unpaired) electrons. The summed E-state index contributed by atoms with van der Waals surface area (Å²) >= 11 is 0. The van der Waals surface area contributed by atoms with E-state index in [9.17, 15) is 4.79 Å². The molecule has 0 saturated carbocycles. The molecule has 1 aromatic carbocycles. The van der Waals surface area contributed by atoms with E-state index < -0.39 is 6.10 Å². The summed E-state index contributed by atoms with van der Waals surface area (Å²) in [4.78, 5) is 14.0. The van der Waals surface area contributed by atoms with Crippen molar-refractivity contribution in [3.63, 3.8) is 0 Å². The summed E-state index contributed by atoms with van der Waals surface area (Å²) in [5, 5.41) is 0. The van der Waals surface area contributed by atoms with Crippen LogP contribution in [0.1, 0.15) is 22.9 Å². The Bertz CT molecular complexity index is 605. The van der Waals surface area contributed by atoms with Crippen molar-refractivity contribution in [3.8, 4) is 0 Å². The fraction of sp³-hybridized carbons (Fsp3) is 0.312. The lowest BCUT2D eigenvalue weighted by molar-refractivity contribution is -0.174. The van der Waals surface area contributed by atoms with Gasteiger partial charge in [-0.15, -0.1) is 0 Å². The Morgan fingerprint density at radius 1 is 1.25 bits per heavy atom. The van der Waals surface area contributed by atoms with Gasteiger partial charge in [0, 0.05) is 13.7 Å². The van der Waals surface area contributed by atoms with Gasteiger partial charge >= 0.3 is 0 Å². The lowest BCUT2D eigenvalue weighted by atomic mass is 9.92. The largest absolute Gasteiger partial charge is 0.467 e. The number of rotatable bonds is 4. The van der Waals surface area contributed by atoms with Gasteiger partial charge in [0.15, 0.2) is 6.10 Å². The number of carbonyl (C=O) groups is 1. The summed E-state index contributed by atoms with van der Waals surface area (Å²) in [6.07, 6.45) is 1.21. The molecule has 0 unspecified atom stereocenters. The average molecular weight is 271 g/mol. The first-order chi connectivity index (χ1) is 9.72. The number of benzene rings is 1. The highest BCUT2D eigenvalue weighted by atomic mass is 16.5. The second-order valence-electron chi connectivity index (χ2n) is 5.02. The van der Waals surface area contributed by atoms with Crippen LogP contribution >= 0.6 is 0 Å². The number of carbonyl (C=O) groups excluding carboxylic acids is 1. The molecule has 1 aliphatic heterocycles. The van der Waals surface area contributed by atoms with E-state index >= 15 is 0 Å². The lowest BCUT2D eigenvalue weighted by Gasteiger charge is -2.45. The van der Waals surface area contributed by atoms with E-state index in [4.69, 9.17) is 9.15 Å². The fourth-order valence-corrected chi connectivity index (χ4v) is 2.67. The number of hydrogen-bond donors (Lipinski definition) is 0. The van der Waals surface area contributed by atoms with Crippen LogP contribution in [0.4, 0.5) is 0 Å². The van der Waals surface area contributed by atoms with Gasteiger partial charge in [-0.1, -0.05) is 30.3 Å². The van der Waals surface area contributed by atoms with Crippen molar-refractivity contribution in [2.24, 2.45) is 0 Å². The normalized spacial score (nSPS) is 21.9. The summed E-state index contributed by atoms with van der Waals surface area (Å²) in [5.41, 5.74) is 2.15. The highest BCUT2D eigenvalue weighted by Gasteiger charge is 2.50. The maximum atomic E-state index is 12.2. The molecular weight excluding hydrogens is 254 g/mol. The number of amides is 1. The molecule has 2 heterocycles. The molecule has 4 nitrogen and oxygen atoms in total. The van der Waals surface area contributed by atoms with Crippen molar-refractivity contribution in [3.05, 3.63) is 59.5 Å². The molecule has 1 saturated heterocycles. The second-order valence-corrected chi connectivity index (χ2v) is 5.02. The predicted octanol–water partition coefficient (Wildman–Crippen LogP) is 2.69. The van der Waals surface area contributed by atoms with Crippen molar-refractivity contribution in [1.29, 1.82) is 0 Å². The summed E-state index contributed by atoms with van der Waals surface area (Å²) in [5.74, 6) is 0.824. The van der Waals surface area contributed by atoms with Crippen LogP contribution in [-0.2, 0) is 16.1 Å². The van der Waals surface area contributed by atoms with E-state index in [1.165, 1.54) is 0 Å². The van der Waals surface area contributed by atoms with Crippen LogP contribution < -0.4 is 0 Å². The molecule has 0 spiro atoms. The van der Waals surface area contributed by atoms with E-state index in [1.54, 1.807) is 18.3 Å². The summed E-state index contributed by atoms with van der Waals surface area (Å²) in [7, 11) is 1.56. The SMILES string of the molecule is CO[C@H]1C(=O)N(Cc2ccccc2)[C@H]1c1occc1C. The monoisotopic (exact) mass is 271 g/mol. The number of methoxy groups -OCH3 is 1. The highest BCUT2D eigenvalue weighted by molar-refractivity contribution is 5.88. The molecule has 0 N–H and O–H groups in total. The molecule has 0 aliphatic carbocycles. The van der Waals surface area contributed by atoms with Crippen molar-refractivity contribution >= 4 is 5.91 Å². The first-order valence-corrected chi connectivity index (χ1v) is 6.63. The standard InChI is InChI=1S/C16H17NO3/c1-11-8-9-20-14(11)13-15(19-2)16(18)17(13)10-12-6-4-3-5-7-12/h3-9,13,15H,10H2,1-2H3/t13-,15+/m0/s1. The number of aryl methyl sites for hydroxylation is 1. The summed E-state index contributed by atoms with van der Waals surface area (Å²) < 4.78 is 10.8. The molecule has 0 bridgehead atoms. The van der Waals surface area contributed by atoms with E-state index in [0.29, 0.717) is 6.54 Å². The van der Waals surface area contributed by atoms with Gasteiger partial charge in [0.05, 0.1) is 6.26 Å². The van der Waals surface area contributed by atoms with Gasteiger partial charge in [-0.05, 0) is 24.1 Å². The van der Waals surface area contributed by atoms with Crippen LogP contribution in [0.25, 0.3) is 0 Å². The molecular formula is C16H17NO3. The molecule has 1 aromatic heterocycles. The third-order valence-corrected chi connectivity index (χ3v) is 3.77. The van der Waals surface area contributed by atoms with E-state index in [0.717, 1.165) is 16.9 Å². The molecule has 2 atom stereocenters. The maximum Gasteiger partial charge on any atom is 0.255 e. The van der Waals surface area contributed by atoms with Crippen molar-refractivity contribution in [1.82, 2.24) is 4.90 Å². The Morgan fingerprint density at radius 3 is 2.60 bits per heavy atom. The highest BCUT2D eigenvalue weighted by Crippen LogP contribution is 2.39. The zero-order valence-electron chi connectivity index (χ0n) is 11.6. The quantitative estimate of drug-likeness (QED) is 0.803. The van der Waals surface area contributed by atoms with Gasteiger partial charge < -0.3 is 14.1 Å². The van der Waals surface area contributed by atoms with Gasteiger partial charge in [-0.25, -0.2) is 0 Å². The number of β-lactam (4-membered cyclic amide) rings is 1. The fourth-order valence-electron chi connectivity index (χ4n) is 2.67. The Kier molecular flexibility index (Phi) is 3.32. The van der Waals surface area contributed by atoms with Crippen LogP contribution in [0.15, 0.2) is 47.1 Å². The molecule has 20 heavy (non-hydrogen) atoms. The second kappa shape index (κ2) is 5.13. The molecule has 1 amide bonds. The molecule has 3 rings (SSSR count). The Labute approximate surface area is 118 Å². The minimum atomic E-state index is -0.441. The van der Waals surface area contributed by atoms with Crippen LogP contribution in [0.2, 0.25) is 0 Å². The molecule has 1 fully saturated rings. The van der Waals surface area contributed by atoms with Crippen LogP contribution in [0.5, 0.6) is 0 Å². The third-order valence-electron chi connectivity index (χ3n) is 3.77. The van der Waals surface area contributed by atoms with Crippen LogP contribution in [0.3, 0.4) is 0 Å². The molecule has 104 valence electrons. The van der Waals surface area contributed by atoms with Crippen LogP contribution in [-0.4, -0.2) is 24.0 Å². The predicted molar refractivity (Wildman–Crippen MR) is 74.0 cm³/mol. The number of nitrogens with zero attached hydrogens (tertiary/aromatic N) is 1. The zero-order valence-corrected chi connectivity index (χ0v) is 11.6. The number of ether oxygens (including phenoxy) is 1. The summed E-state index contributed by atoms with van der Waals surface area (Å²) in [6.45, 7) is 2.55. The Hall–Kier alpha value is -2.07. The van der Waals surface area contributed by atoms with E-state index in [1.807, 2.05) is 43.3 Å². The van der Waals surface area contributed by atoms with E-state index in [-0.39, 0.29) is 11.9 Å². The van der Waals surface area contributed by atoms with Gasteiger partial charge in [0.1, 0.15) is 11.8 Å². The maximum absolute atomic E-state index is 12.2. The Balaban J connectivity index is 1.86. The zero-order chi connectivity index (χ0) is 14.1. The number of hydrogen-bond acceptors (Lipinski definition) is 3. The van der Waals surface area contributed by atoms with Crippen molar-refractivity contribution in [2.75, 3.05) is 7.11 Å². The van der Waals surface area contributed by atoms with Gasteiger partial charge in [-0.3, -0.25) is 4.79 Å². The van der Waals surface area contributed by atoms with Gasteiger partial charge in [0.25, 0.3) is 5.91 Å². The topological polar surface area (TPSA) is 42.7 Å². The van der Waals surface area contributed by atoms with Crippen molar-refractivity contribution < 1.29 is 13.9 Å². The lowest BCUT2D eigenvalue weighted by Crippen LogP contribution is -2.58. The van der Waals surface area contributed by atoms with E-state index in [2.05, 4.69) is 0 Å². The minimum absolute atomic E-state index is 0.0113. The molecule has 2 aromatic rings. The summed E-state index contributed by atoms with van der Waals surface area (Å²) in [6, 6.07) is 11.7. The van der Waals surface area contributed by atoms with Gasteiger partial charge in [0.2, 0.25) is 0 Å². The van der Waals surface area contributed by atoms with Crippen LogP contribution in [0, 0.1) is 6.92 Å². The number of furan rings is 1. The average Bonchev–Trinajstić information content (AvgIpc) is 2.88. The first-order valence-electron chi connectivity index (χ1n) is 6.63. The molecule has 4 heteroatoms. The molecule has 1 aliphatic rings. The number of likely N-dealkylation sites (tertiary alicyclic amines) is 1. The Morgan fingerprint density at radius 2 is 2.00 bits per heavy atom. The first kappa shape index (κ1) is 12.9. The minimum Gasteiger partial charge on any atom is -0.467 e. The van der Waals surface area contributed by atoms with Gasteiger partial charge in [-0.2, -0.15) is 0 Å².